The Labute approximate surface area is 88.5 Å². The monoisotopic (exact) mass is 196 g/mol. The zero-order valence-corrected chi connectivity index (χ0v) is 9.56. The van der Waals surface area contributed by atoms with Crippen LogP contribution in [0.4, 0.5) is 0 Å². The van der Waals surface area contributed by atoms with E-state index in [2.05, 4.69) is 13.5 Å². The molecule has 1 heterocycles. The Morgan fingerprint density at radius 1 is 1.29 bits per heavy atom. The number of allylic oxidation sites excluding steroid dienone is 1. The summed E-state index contributed by atoms with van der Waals surface area (Å²) in [6.45, 7) is 6.16. The molecule has 14 heavy (non-hydrogen) atoms. The summed E-state index contributed by atoms with van der Waals surface area (Å²) in [5.41, 5.74) is 0. The first-order valence-corrected chi connectivity index (χ1v) is 6.17. The van der Waals surface area contributed by atoms with E-state index in [1.807, 2.05) is 0 Å². The van der Waals surface area contributed by atoms with Crippen molar-refractivity contribution in [1.82, 2.24) is 0 Å². The zero-order valence-electron chi connectivity index (χ0n) is 9.56. The molecule has 0 unspecified atom stereocenters. The van der Waals surface area contributed by atoms with Crippen molar-refractivity contribution in [2.75, 3.05) is 0 Å². The van der Waals surface area contributed by atoms with Crippen molar-refractivity contribution in [2.45, 2.75) is 70.8 Å². The van der Waals surface area contributed by atoms with Gasteiger partial charge in [-0.2, -0.15) is 0 Å². The number of unbranched alkanes of at least 4 members (excludes halogenated alkanes) is 4. The van der Waals surface area contributed by atoms with Crippen LogP contribution in [0.1, 0.15) is 64.7 Å². The Bertz CT molecular complexity index is 163. The first kappa shape index (κ1) is 11.6. The molecule has 0 aromatic carbocycles. The predicted molar refractivity (Wildman–Crippen MR) is 61.2 cm³/mol. The van der Waals surface area contributed by atoms with Gasteiger partial charge in [0.15, 0.2) is 0 Å². The molecule has 0 bridgehead atoms. The van der Waals surface area contributed by atoms with Gasteiger partial charge in [0.1, 0.15) is 0 Å². The Hall–Kier alpha value is -0.460. The molecule has 0 amide bonds. The second-order valence-electron chi connectivity index (χ2n) is 4.37. The summed E-state index contributed by atoms with van der Waals surface area (Å²) in [6.07, 6.45) is 12.1. The van der Waals surface area contributed by atoms with E-state index < -0.39 is 0 Å². The Morgan fingerprint density at radius 3 is 2.79 bits per heavy atom. The van der Waals surface area contributed by atoms with E-state index in [1.165, 1.54) is 51.4 Å². The lowest BCUT2D eigenvalue weighted by Gasteiger charge is -2.25. The largest absolute Gasteiger partial charge is 0.495 e. The molecule has 1 atom stereocenters. The van der Waals surface area contributed by atoms with Crippen LogP contribution in [0.3, 0.4) is 0 Å². The predicted octanol–water partition coefficient (Wildman–Crippen LogP) is 4.43. The van der Waals surface area contributed by atoms with Gasteiger partial charge in [0.2, 0.25) is 0 Å². The van der Waals surface area contributed by atoms with E-state index in [9.17, 15) is 0 Å². The van der Waals surface area contributed by atoms with E-state index in [4.69, 9.17) is 4.74 Å². The van der Waals surface area contributed by atoms with E-state index in [0.717, 1.165) is 12.2 Å². The first-order valence-electron chi connectivity index (χ1n) is 6.17. The summed E-state index contributed by atoms with van der Waals surface area (Å²) in [7, 11) is 0. The molecule has 0 aliphatic carbocycles. The molecule has 0 saturated carbocycles. The molecule has 82 valence electrons. The van der Waals surface area contributed by atoms with Gasteiger partial charge in [-0.15, -0.1) is 0 Å². The number of rotatable bonds is 6. The molecule has 0 aromatic heterocycles. The van der Waals surface area contributed by atoms with Crippen LogP contribution >= 0.6 is 0 Å². The Morgan fingerprint density at radius 2 is 2.07 bits per heavy atom. The minimum absolute atomic E-state index is 0.484. The highest BCUT2D eigenvalue weighted by Gasteiger charge is 2.15. The lowest BCUT2D eigenvalue weighted by atomic mass is 10.0. The van der Waals surface area contributed by atoms with Crippen molar-refractivity contribution >= 4 is 0 Å². The van der Waals surface area contributed by atoms with Crippen molar-refractivity contribution in [1.29, 1.82) is 0 Å². The SMILES string of the molecule is C=C1CCC[C@H](CCCCCCC)O1. The Kier molecular flexibility index (Phi) is 5.74. The topological polar surface area (TPSA) is 9.23 Å². The van der Waals surface area contributed by atoms with Crippen LogP contribution in [0, 0.1) is 0 Å². The summed E-state index contributed by atoms with van der Waals surface area (Å²) in [5.74, 6) is 1.01. The van der Waals surface area contributed by atoms with Crippen molar-refractivity contribution in [2.24, 2.45) is 0 Å². The van der Waals surface area contributed by atoms with E-state index in [0.29, 0.717) is 6.10 Å². The standard InChI is InChI=1S/C13H24O/c1-3-4-5-6-7-10-13-11-8-9-12(2)14-13/h13H,2-11H2,1H3/t13-/m0/s1. The lowest BCUT2D eigenvalue weighted by Crippen LogP contribution is -2.16. The maximum absolute atomic E-state index is 5.70. The van der Waals surface area contributed by atoms with Gasteiger partial charge in [0.05, 0.1) is 11.9 Å². The third kappa shape index (κ3) is 4.69. The highest BCUT2D eigenvalue weighted by molar-refractivity contribution is 4.88. The van der Waals surface area contributed by atoms with Gasteiger partial charge in [-0.25, -0.2) is 0 Å². The van der Waals surface area contributed by atoms with Crippen LogP contribution in [-0.4, -0.2) is 6.10 Å². The van der Waals surface area contributed by atoms with Gasteiger partial charge < -0.3 is 4.74 Å². The fourth-order valence-electron chi connectivity index (χ4n) is 2.06. The van der Waals surface area contributed by atoms with Crippen LogP contribution < -0.4 is 0 Å². The van der Waals surface area contributed by atoms with E-state index in [1.54, 1.807) is 0 Å². The van der Waals surface area contributed by atoms with Gasteiger partial charge in [0, 0.05) is 6.42 Å². The molecule has 0 spiro atoms. The Balaban J connectivity index is 1.97. The fraction of sp³-hybridized carbons (Fsp3) is 0.846. The van der Waals surface area contributed by atoms with Crippen molar-refractivity contribution in [3.05, 3.63) is 12.3 Å². The van der Waals surface area contributed by atoms with Crippen LogP contribution in [0.15, 0.2) is 12.3 Å². The van der Waals surface area contributed by atoms with Crippen molar-refractivity contribution < 1.29 is 4.74 Å². The third-order valence-corrected chi connectivity index (χ3v) is 2.94. The maximum Gasteiger partial charge on any atom is 0.0982 e. The minimum Gasteiger partial charge on any atom is -0.495 e. The first-order chi connectivity index (χ1) is 6.83. The minimum atomic E-state index is 0.484. The zero-order chi connectivity index (χ0) is 10.2. The number of hydrogen-bond acceptors (Lipinski definition) is 1. The van der Waals surface area contributed by atoms with Crippen molar-refractivity contribution in [3.8, 4) is 0 Å². The van der Waals surface area contributed by atoms with Crippen molar-refractivity contribution in [3.63, 3.8) is 0 Å². The molecule has 1 heteroatoms. The maximum atomic E-state index is 5.70. The highest BCUT2D eigenvalue weighted by atomic mass is 16.5. The van der Waals surface area contributed by atoms with Crippen LogP contribution in [0.25, 0.3) is 0 Å². The van der Waals surface area contributed by atoms with Gasteiger partial charge in [-0.3, -0.25) is 0 Å². The second-order valence-corrected chi connectivity index (χ2v) is 4.37. The molecule has 1 aliphatic heterocycles. The second kappa shape index (κ2) is 6.92. The molecule has 0 radical (unpaired) electrons. The lowest BCUT2D eigenvalue weighted by molar-refractivity contribution is 0.0659. The van der Waals surface area contributed by atoms with Gasteiger partial charge in [-0.1, -0.05) is 39.2 Å². The number of hydrogen-bond donors (Lipinski definition) is 0. The molecule has 1 nitrogen and oxygen atoms in total. The average Bonchev–Trinajstić information content (AvgIpc) is 2.18. The summed E-state index contributed by atoms with van der Waals surface area (Å²) in [5, 5.41) is 0. The van der Waals surface area contributed by atoms with E-state index in [-0.39, 0.29) is 0 Å². The van der Waals surface area contributed by atoms with Gasteiger partial charge >= 0.3 is 0 Å². The molecule has 0 N–H and O–H groups in total. The summed E-state index contributed by atoms with van der Waals surface area (Å²) < 4.78 is 5.70. The van der Waals surface area contributed by atoms with Crippen LogP contribution in [0.2, 0.25) is 0 Å². The molecular formula is C13H24O. The van der Waals surface area contributed by atoms with E-state index >= 15 is 0 Å². The summed E-state index contributed by atoms with van der Waals surface area (Å²) >= 11 is 0. The molecule has 1 aliphatic rings. The smallest absolute Gasteiger partial charge is 0.0982 e. The molecular weight excluding hydrogens is 172 g/mol. The third-order valence-electron chi connectivity index (χ3n) is 2.94. The molecule has 1 fully saturated rings. The molecule has 1 rings (SSSR count). The quantitative estimate of drug-likeness (QED) is 0.571. The number of ether oxygens (including phenoxy) is 1. The molecule has 0 aromatic rings. The summed E-state index contributed by atoms with van der Waals surface area (Å²) in [4.78, 5) is 0. The van der Waals surface area contributed by atoms with Gasteiger partial charge in [0.25, 0.3) is 0 Å². The van der Waals surface area contributed by atoms with Crippen LogP contribution in [-0.2, 0) is 4.74 Å². The highest BCUT2D eigenvalue weighted by Crippen LogP contribution is 2.24. The van der Waals surface area contributed by atoms with Crippen LogP contribution in [0.5, 0.6) is 0 Å². The fourth-order valence-corrected chi connectivity index (χ4v) is 2.06. The summed E-state index contributed by atoms with van der Waals surface area (Å²) in [6, 6.07) is 0. The molecule has 1 saturated heterocycles. The normalized spacial score (nSPS) is 22.1. The van der Waals surface area contributed by atoms with Gasteiger partial charge in [-0.05, 0) is 25.7 Å². The average molecular weight is 196 g/mol.